The Kier molecular flexibility index (Phi) is 6.49. The number of hydrogen-bond acceptors (Lipinski definition) is 5. The summed E-state index contributed by atoms with van der Waals surface area (Å²) in [6, 6.07) is 9.97. The van der Waals surface area contributed by atoms with E-state index in [0.717, 1.165) is 24.8 Å². The summed E-state index contributed by atoms with van der Waals surface area (Å²) in [6.07, 6.45) is 0.671. The third-order valence-corrected chi connectivity index (χ3v) is 8.88. The smallest absolute Gasteiger partial charge is 0.347 e. The van der Waals surface area contributed by atoms with Crippen LogP contribution in [-0.4, -0.2) is 39.2 Å². The summed E-state index contributed by atoms with van der Waals surface area (Å²) in [5.74, 6) is 0.213. The zero-order valence-electron chi connectivity index (χ0n) is 22.4. The number of rotatable bonds is 8. The fraction of sp³-hybridized carbons (Fsp3) is 0.483. The van der Waals surface area contributed by atoms with Gasteiger partial charge < -0.3 is 19.5 Å². The van der Waals surface area contributed by atoms with Crippen molar-refractivity contribution in [1.82, 2.24) is 20.1 Å². The molecule has 1 aromatic heterocycles. The molecule has 3 aromatic rings. The molecule has 1 N–H and O–H groups in total. The zero-order chi connectivity index (χ0) is 28.3. The molecule has 6 rings (SSSR count). The van der Waals surface area contributed by atoms with Gasteiger partial charge in [-0.2, -0.15) is 13.2 Å². The standard InChI is InChI=1S/C29H31F4N5O2/c1-27(7-4-8-27)34-14-18-9-22-23(24(10-18)29(31,32)33)15-38(25(22)39)20-6-3-5-19(11-20)28(12-21(13-28)40-16-30)26-36-35-17-37(26)2/h3,5-6,9-11,17,21,34H,4,7-8,12-16H2,1-2H3. The second-order valence-electron chi connectivity index (χ2n) is 11.5. The maximum absolute atomic E-state index is 14.2. The number of halogens is 4. The van der Waals surface area contributed by atoms with Gasteiger partial charge in [0.1, 0.15) is 12.2 Å². The number of hydrogen-bond donors (Lipinski definition) is 1. The number of anilines is 1. The Balaban J connectivity index is 1.33. The molecule has 11 heteroatoms. The normalized spacial score (nSPS) is 23.6. The van der Waals surface area contributed by atoms with Gasteiger partial charge in [0, 0.05) is 30.4 Å². The van der Waals surface area contributed by atoms with Gasteiger partial charge in [0.05, 0.1) is 23.6 Å². The van der Waals surface area contributed by atoms with E-state index in [9.17, 15) is 22.4 Å². The zero-order valence-corrected chi connectivity index (χ0v) is 22.4. The highest BCUT2D eigenvalue weighted by atomic mass is 19.4. The summed E-state index contributed by atoms with van der Waals surface area (Å²) >= 11 is 0. The lowest BCUT2D eigenvalue weighted by Crippen LogP contribution is -2.48. The van der Waals surface area contributed by atoms with Crippen molar-refractivity contribution >= 4 is 11.6 Å². The van der Waals surface area contributed by atoms with Gasteiger partial charge in [-0.3, -0.25) is 4.79 Å². The number of carbonyl (C=O) groups excluding carboxylic acids is 1. The molecule has 1 amide bonds. The van der Waals surface area contributed by atoms with E-state index in [0.29, 0.717) is 29.9 Å². The van der Waals surface area contributed by atoms with E-state index in [1.54, 1.807) is 29.1 Å². The average molecular weight is 558 g/mol. The first-order valence-electron chi connectivity index (χ1n) is 13.5. The van der Waals surface area contributed by atoms with Crippen molar-refractivity contribution in [3.8, 4) is 0 Å². The van der Waals surface area contributed by atoms with Crippen LogP contribution in [0.2, 0.25) is 0 Å². The highest BCUT2D eigenvalue weighted by Gasteiger charge is 2.51. The summed E-state index contributed by atoms with van der Waals surface area (Å²) < 4.78 is 62.4. The number of alkyl halides is 4. The molecule has 7 nitrogen and oxygen atoms in total. The fourth-order valence-electron chi connectivity index (χ4n) is 6.39. The molecule has 1 aliphatic heterocycles. The van der Waals surface area contributed by atoms with Gasteiger partial charge in [0.25, 0.3) is 5.91 Å². The molecule has 0 saturated heterocycles. The Bertz CT molecular complexity index is 1440. The van der Waals surface area contributed by atoms with Crippen molar-refractivity contribution in [2.24, 2.45) is 7.05 Å². The van der Waals surface area contributed by atoms with Crippen LogP contribution in [0.5, 0.6) is 0 Å². The van der Waals surface area contributed by atoms with Crippen LogP contribution in [-0.2, 0) is 36.5 Å². The molecule has 0 bridgehead atoms. The van der Waals surface area contributed by atoms with Gasteiger partial charge in [0.15, 0.2) is 6.86 Å². The summed E-state index contributed by atoms with van der Waals surface area (Å²) in [4.78, 5) is 15.0. The van der Waals surface area contributed by atoms with Crippen LogP contribution in [0.1, 0.15) is 77.5 Å². The number of aryl methyl sites for hydroxylation is 1. The van der Waals surface area contributed by atoms with Gasteiger partial charge in [-0.05, 0) is 80.0 Å². The number of carbonyl (C=O) groups is 1. The van der Waals surface area contributed by atoms with Crippen LogP contribution < -0.4 is 10.2 Å². The van der Waals surface area contributed by atoms with Gasteiger partial charge in [-0.25, -0.2) is 4.39 Å². The first-order chi connectivity index (χ1) is 19.0. The predicted octanol–water partition coefficient (Wildman–Crippen LogP) is 5.42. The second kappa shape index (κ2) is 9.66. The third-order valence-electron chi connectivity index (χ3n) is 8.88. The number of amides is 1. The highest BCUT2D eigenvalue weighted by Crippen LogP contribution is 2.50. The fourth-order valence-corrected chi connectivity index (χ4v) is 6.39. The topological polar surface area (TPSA) is 72.3 Å². The molecule has 40 heavy (non-hydrogen) atoms. The van der Waals surface area contributed by atoms with Crippen molar-refractivity contribution in [3.63, 3.8) is 0 Å². The SMILES string of the molecule is Cn1cnnc1C1(c2cccc(N3Cc4c(cc(CNC5(C)CCC5)cc4C(F)(F)F)C3=O)c2)CC(OCF)C1. The molecule has 212 valence electrons. The molecule has 2 aromatic carbocycles. The summed E-state index contributed by atoms with van der Waals surface area (Å²) in [5.41, 5.74) is 0.352. The number of aromatic nitrogens is 3. The molecule has 0 unspecified atom stereocenters. The second-order valence-corrected chi connectivity index (χ2v) is 11.5. The van der Waals surface area contributed by atoms with Crippen LogP contribution >= 0.6 is 0 Å². The number of ether oxygens (including phenoxy) is 1. The maximum Gasteiger partial charge on any atom is 0.416 e. The minimum Gasteiger partial charge on any atom is -0.347 e. The number of benzene rings is 2. The Hall–Kier alpha value is -3.31. The molecule has 2 fully saturated rings. The minimum absolute atomic E-state index is 0.00965. The van der Waals surface area contributed by atoms with Crippen LogP contribution in [0.25, 0.3) is 0 Å². The van der Waals surface area contributed by atoms with E-state index in [4.69, 9.17) is 4.74 Å². The lowest BCUT2D eigenvalue weighted by molar-refractivity contribution is -0.138. The summed E-state index contributed by atoms with van der Waals surface area (Å²) in [5, 5.41) is 11.7. The van der Waals surface area contributed by atoms with E-state index >= 15 is 0 Å². The first kappa shape index (κ1) is 26.9. The third kappa shape index (κ3) is 4.49. The molecular weight excluding hydrogens is 526 g/mol. The van der Waals surface area contributed by atoms with E-state index in [2.05, 4.69) is 22.4 Å². The van der Waals surface area contributed by atoms with Crippen LogP contribution in [0.3, 0.4) is 0 Å². The van der Waals surface area contributed by atoms with E-state index in [1.165, 1.54) is 11.0 Å². The Morgan fingerprint density at radius 1 is 1.18 bits per heavy atom. The molecule has 0 radical (unpaired) electrons. The Morgan fingerprint density at radius 3 is 2.58 bits per heavy atom. The van der Waals surface area contributed by atoms with Crippen LogP contribution in [0, 0.1) is 0 Å². The summed E-state index contributed by atoms with van der Waals surface area (Å²) in [6.45, 7) is 1.26. The van der Waals surface area contributed by atoms with Gasteiger partial charge in [-0.1, -0.05) is 12.1 Å². The van der Waals surface area contributed by atoms with E-state index in [1.807, 2.05) is 19.2 Å². The number of nitrogens with one attached hydrogen (secondary N) is 1. The van der Waals surface area contributed by atoms with Crippen LogP contribution in [0.15, 0.2) is 42.7 Å². The highest BCUT2D eigenvalue weighted by molar-refractivity contribution is 6.10. The molecule has 2 aliphatic carbocycles. The number of fused-ring (bicyclic) bond motifs is 1. The minimum atomic E-state index is -4.59. The first-order valence-corrected chi connectivity index (χ1v) is 13.5. The van der Waals surface area contributed by atoms with Crippen molar-refractivity contribution < 1.29 is 27.1 Å². The van der Waals surface area contributed by atoms with Crippen molar-refractivity contribution in [2.45, 2.75) is 75.4 Å². The lowest BCUT2D eigenvalue weighted by atomic mass is 9.62. The molecule has 0 atom stereocenters. The largest absolute Gasteiger partial charge is 0.416 e. The lowest BCUT2D eigenvalue weighted by Gasteiger charge is -2.46. The van der Waals surface area contributed by atoms with Gasteiger partial charge in [-0.15, -0.1) is 10.2 Å². The van der Waals surface area contributed by atoms with Gasteiger partial charge >= 0.3 is 6.18 Å². The number of nitrogens with zero attached hydrogens (tertiary/aromatic N) is 4. The van der Waals surface area contributed by atoms with E-state index < -0.39 is 29.9 Å². The molecular formula is C29H31F4N5O2. The van der Waals surface area contributed by atoms with E-state index in [-0.39, 0.29) is 35.9 Å². The van der Waals surface area contributed by atoms with Gasteiger partial charge in [0.2, 0.25) is 0 Å². The summed E-state index contributed by atoms with van der Waals surface area (Å²) in [7, 11) is 1.82. The quantitative estimate of drug-likeness (QED) is 0.375. The monoisotopic (exact) mass is 557 g/mol. The molecule has 2 saturated carbocycles. The molecule has 2 heterocycles. The van der Waals surface area contributed by atoms with Crippen molar-refractivity contribution in [3.05, 3.63) is 76.4 Å². The Labute approximate surface area is 229 Å². The average Bonchev–Trinajstić information content (AvgIpc) is 3.45. The van der Waals surface area contributed by atoms with Crippen molar-refractivity contribution in [2.75, 3.05) is 11.8 Å². The maximum atomic E-state index is 14.2. The molecule has 0 spiro atoms. The van der Waals surface area contributed by atoms with Crippen molar-refractivity contribution in [1.29, 1.82) is 0 Å². The van der Waals surface area contributed by atoms with Crippen LogP contribution in [0.4, 0.5) is 23.2 Å². The Morgan fingerprint density at radius 2 is 1.95 bits per heavy atom. The predicted molar refractivity (Wildman–Crippen MR) is 139 cm³/mol. The molecule has 3 aliphatic rings.